The van der Waals surface area contributed by atoms with Crippen molar-refractivity contribution in [3.63, 3.8) is 0 Å². The molecule has 0 atom stereocenters. The van der Waals surface area contributed by atoms with Crippen LogP contribution in [0.15, 0.2) is 23.2 Å². The third-order valence-corrected chi connectivity index (χ3v) is 4.86. The van der Waals surface area contributed by atoms with Crippen molar-refractivity contribution in [1.82, 2.24) is 20.4 Å². The van der Waals surface area contributed by atoms with E-state index in [0.29, 0.717) is 13.2 Å². The molecule has 30 heavy (non-hydrogen) atoms. The molecule has 168 valence electrons. The first-order chi connectivity index (χ1) is 14.0. The Kier molecular flexibility index (Phi) is 11.6. The molecular weight excluding hydrogens is 493 g/mol. The Hall–Kier alpha value is -1.97. The van der Waals surface area contributed by atoms with Crippen molar-refractivity contribution in [2.24, 2.45) is 12.0 Å². The van der Waals surface area contributed by atoms with Crippen molar-refractivity contribution in [2.45, 2.75) is 47.1 Å². The van der Waals surface area contributed by atoms with E-state index < -0.39 is 0 Å². The predicted molar refractivity (Wildman–Crippen MR) is 133 cm³/mol. The number of rotatable bonds is 10. The molecule has 0 aliphatic carbocycles. The zero-order valence-electron chi connectivity index (χ0n) is 19.0. The minimum atomic E-state index is 0. The number of aromatic nitrogens is 2. The molecule has 7 nitrogen and oxygen atoms in total. The molecule has 2 N–H and O–H groups in total. The summed E-state index contributed by atoms with van der Waals surface area (Å²) in [4.78, 5) is 4.73. The Morgan fingerprint density at radius 1 is 1.17 bits per heavy atom. The number of aryl methyl sites for hydroxylation is 3. The van der Waals surface area contributed by atoms with Crippen LogP contribution in [0.25, 0.3) is 0 Å². The number of benzene rings is 1. The summed E-state index contributed by atoms with van der Waals surface area (Å²) in [5.74, 6) is 2.41. The molecule has 2 aromatic rings. The molecular formula is C22H36IN5O2. The SMILES string of the molecule is CCNC(=NCc1c(C)nn(C)c1C)NCCCc1ccc(OC)c(OCC)c1.I. The van der Waals surface area contributed by atoms with Crippen LogP contribution in [0.1, 0.15) is 42.8 Å². The largest absolute Gasteiger partial charge is 0.493 e. The molecule has 0 amide bonds. The van der Waals surface area contributed by atoms with Gasteiger partial charge in [0.15, 0.2) is 17.5 Å². The van der Waals surface area contributed by atoms with Crippen molar-refractivity contribution in [1.29, 1.82) is 0 Å². The second-order valence-corrected chi connectivity index (χ2v) is 6.92. The Bertz CT molecular complexity index is 820. The van der Waals surface area contributed by atoms with Gasteiger partial charge in [-0.25, -0.2) is 4.99 Å². The van der Waals surface area contributed by atoms with E-state index in [-0.39, 0.29) is 24.0 Å². The Morgan fingerprint density at radius 2 is 1.93 bits per heavy atom. The fraction of sp³-hybridized carbons (Fsp3) is 0.545. The molecule has 0 aliphatic rings. The number of nitrogens with one attached hydrogen (secondary N) is 2. The number of halogens is 1. The summed E-state index contributed by atoms with van der Waals surface area (Å²) < 4.78 is 12.9. The molecule has 8 heteroatoms. The van der Waals surface area contributed by atoms with E-state index in [9.17, 15) is 0 Å². The highest BCUT2D eigenvalue weighted by Crippen LogP contribution is 2.28. The first-order valence-corrected chi connectivity index (χ1v) is 10.3. The first-order valence-electron chi connectivity index (χ1n) is 10.3. The lowest BCUT2D eigenvalue weighted by atomic mass is 10.1. The second-order valence-electron chi connectivity index (χ2n) is 6.92. The van der Waals surface area contributed by atoms with Crippen LogP contribution >= 0.6 is 24.0 Å². The van der Waals surface area contributed by atoms with Crippen LogP contribution in [0.4, 0.5) is 0 Å². The van der Waals surface area contributed by atoms with Crippen molar-refractivity contribution in [3.05, 3.63) is 40.7 Å². The summed E-state index contributed by atoms with van der Waals surface area (Å²) in [6, 6.07) is 6.13. The normalized spacial score (nSPS) is 11.1. The van der Waals surface area contributed by atoms with E-state index in [2.05, 4.69) is 41.7 Å². The summed E-state index contributed by atoms with van der Waals surface area (Å²) in [6.45, 7) is 11.1. The molecule has 0 unspecified atom stereocenters. The van der Waals surface area contributed by atoms with E-state index in [1.807, 2.05) is 31.6 Å². The van der Waals surface area contributed by atoms with E-state index in [1.165, 1.54) is 11.1 Å². The topological polar surface area (TPSA) is 72.7 Å². The van der Waals surface area contributed by atoms with Gasteiger partial charge in [0, 0.05) is 31.4 Å². The van der Waals surface area contributed by atoms with Gasteiger partial charge in [-0.05, 0) is 58.2 Å². The second kappa shape index (κ2) is 13.4. The Labute approximate surface area is 197 Å². The minimum Gasteiger partial charge on any atom is -0.493 e. The number of nitrogens with zero attached hydrogens (tertiary/aromatic N) is 3. The maximum absolute atomic E-state index is 5.66. The van der Waals surface area contributed by atoms with E-state index >= 15 is 0 Å². The summed E-state index contributed by atoms with van der Waals surface area (Å²) in [6.07, 6.45) is 1.95. The number of ether oxygens (including phenoxy) is 2. The van der Waals surface area contributed by atoms with Crippen LogP contribution in [-0.2, 0) is 20.0 Å². The Morgan fingerprint density at radius 3 is 2.53 bits per heavy atom. The molecule has 0 fully saturated rings. The highest BCUT2D eigenvalue weighted by molar-refractivity contribution is 14.0. The van der Waals surface area contributed by atoms with Crippen LogP contribution in [0.3, 0.4) is 0 Å². The van der Waals surface area contributed by atoms with Gasteiger partial charge in [0.05, 0.1) is 26.0 Å². The van der Waals surface area contributed by atoms with Gasteiger partial charge in [0.1, 0.15) is 0 Å². The van der Waals surface area contributed by atoms with Crippen molar-refractivity contribution in [3.8, 4) is 11.5 Å². The van der Waals surface area contributed by atoms with Gasteiger partial charge in [-0.2, -0.15) is 5.10 Å². The van der Waals surface area contributed by atoms with E-state index in [0.717, 1.165) is 54.8 Å². The average molecular weight is 529 g/mol. The quantitative estimate of drug-likeness (QED) is 0.212. The maximum Gasteiger partial charge on any atom is 0.191 e. The number of methoxy groups -OCH3 is 1. The molecule has 1 aromatic heterocycles. The highest BCUT2D eigenvalue weighted by atomic mass is 127. The molecule has 1 heterocycles. The molecule has 0 bridgehead atoms. The van der Waals surface area contributed by atoms with Gasteiger partial charge < -0.3 is 20.1 Å². The molecule has 1 aromatic carbocycles. The van der Waals surface area contributed by atoms with E-state index in [1.54, 1.807) is 7.11 Å². The average Bonchev–Trinajstić information content (AvgIpc) is 2.95. The van der Waals surface area contributed by atoms with Crippen molar-refractivity contribution in [2.75, 3.05) is 26.8 Å². The lowest BCUT2D eigenvalue weighted by molar-refractivity contribution is 0.310. The standard InChI is InChI=1S/C22H35N5O2.HI/c1-7-23-22(25-15-19-16(3)26-27(5)17(19)4)24-13-9-10-18-11-12-20(28-6)21(14-18)29-8-2;/h11-12,14H,7-10,13,15H2,1-6H3,(H2,23,24,25);1H. The van der Waals surface area contributed by atoms with Crippen LogP contribution in [-0.4, -0.2) is 42.5 Å². The molecule has 2 rings (SSSR count). The summed E-state index contributed by atoms with van der Waals surface area (Å²) in [7, 11) is 3.63. The predicted octanol–water partition coefficient (Wildman–Crippen LogP) is 3.75. The van der Waals surface area contributed by atoms with Crippen LogP contribution < -0.4 is 20.1 Å². The number of aliphatic imine (C=N–C) groups is 1. The maximum atomic E-state index is 5.66. The van der Waals surface area contributed by atoms with Crippen molar-refractivity contribution >= 4 is 29.9 Å². The molecule has 0 saturated heterocycles. The fourth-order valence-corrected chi connectivity index (χ4v) is 3.19. The third-order valence-electron chi connectivity index (χ3n) is 4.86. The van der Waals surface area contributed by atoms with Crippen LogP contribution in [0.2, 0.25) is 0 Å². The van der Waals surface area contributed by atoms with Gasteiger partial charge in [-0.15, -0.1) is 24.0 Å². The zero-order valence-corrected chi connectivity index (χ0v) is 21.4. The highest BCUT2D eigenvalue weighted by Gasteiger charge is 2.09. The first kappa shape index (κ1) is 26.1. The van der Waals surface area contributed by atoms with E-state index in [4.69, 9.17) is 14.5 Å². The zero-order chi connectivity index (χ0) is 21.2. The summed E-state index contributed by atoms with van der Waals surface area (Å²) in [5.41, 5.74) is 4.62. The number of hydrogen-bond acceptors (Lipinski definition) is 4. The van der Waals surface area contributed by atoms with Crippen molar-refractivity contribution < 1.29 is 9.47 Å². The van der Waals surface area contributed by atoms with Gasteiger partial charge >= 0.3 is 0 Å². The van der Waals surface area contributed by atoms with Gasteiger partial charge in [0.2, 0.25) is 0 Å². The lowest BCUT2D eigenvalue weighted by Crippen LogP contribution is -2.37. The number of hydrogen-bond donors (Lipinski definition) is 2. The summed E-state index contributed by atoms with van der Waals surface area (Å²) >= 11 is 0. The van der Waals surface area contributed by atoms with Gasteiger partial charge in [0.25, 0.3) is 0 Å². The minimum absolute atomic E-state index is 0. The summed E-state index contributed by atoms with van der Waals surface area (Å²) in [5, 5.41) is 11.2. The number of guanidine groups is 1. The smallest absolute Gasteiger partial charge is 0.191 e. The molecule has 0 radical (unpaired) electrons. The van der Waals surface area contributed by atoms with Crippen LogP contribution in [0, 0.1) is 13.8 Å². The molecule has 0 saturated carbocycles. The van der Waals surface area contributed by atoms with Gasteiger partial charge in [-0.3, -0.25) is 4.68 Å². The lowest BCUT2D eigenvalue weighted by Gasteiger charge is -2.13. The van der Waals surface area contributed by atoms with Gasteiger partial charge in [-0.1, -0.05) is 6.07 Å². The van der Waals surface area contributed by atoms with Crippen LogP contribution in [0.5, 0.6) is 11.5 Å². The molecule has 0 aliphatic heterocycles. The fourth-order valence-electron chi connectivity index (χ4n) is 3.19. The molecule has 0 spiro atoms. The monoisotopic (exact) mass is 529 g/mol. The Balaban J connectivity index is 0.00000450. The third kappa shape index (κ3) is 7.37.